The molecule has 0 atom stereocenters. The SMILES string of the molecule is Cc1cc(C)cc(N2CCN(CC#N)CC2)c1. The van der Waals surface area contributed by atoms with Gasteiger partial charge in [-0.25, -0.2) is 0 Å². The van der Waals surface area contributed by atoms with Crippen LogP contribution in [0.1, 0.15) is 11.1 Å². The molecule has 1 aliphatic heterocycles. The smallest absolute Gasteiger partial charge is 0.0867 e. The van der Waals surface area contributed by atoms with Gasteiger partial charge in [-0.3, -0.25) is 4.90 Å². The Morgan fingerprint density at radius 2 is 1.65 bits per heavy atom. The van der Waals surface area contributed by atoms with E-state index < -0.39 is 0 Å². The summed E-state index contributed by atoms with van der Waals surface area (Å²) in [7, 11) is 0. The van der Waals surface area contributed by atoms with Gasteiger partial charge in [-0.05, 0) is 37.1 Å². The maximum absolute atomic E-state index is 8.67. The van der Waals surface area contributed by atoms with E-state index in [1.54, 1.807) is 0 Å². The van der Waals surface area contributed by atoms with Crippen LogP contribution in [0, 0.1) is 25.2 Å². The fourth-order valence-corrected chi connectivity index (χ4v) is 2.40. The van der Waals surface area contributed by atoms with Crippen molar-refractivity contribution in [2.24, 2.45) is 0 Å². The fraction of sp³-hybridized carbons (Fsp3) is 0.500. The lowest BCUT2D eigenvalue weighted by molar-refractivity contribution is 0.287. The van der Waals surface area contributed by atoms with Crippen LogP contribution in [0.25, 0.3) is 0 Å². The van der Waals surface area contributed by atoms with Crippen molar-refractivity contribution in [2.75, 3.05) is 37.6 Å². The highest BCUT2D eigenvalue weighted by Crippen LogP contribution is 2.20. The molecule has 2 rings (SSSR count). The minimum absolute atomic E-state index is 0.556. The minimum atomic E-state index is 0.556. The molecule has 17 heavy (non-hydrogen) atoms. The number of aryl methyl sites for hydroxylation is 2. The Labute approximate surface area is 103 Å². The first-order valence-corrected chi connectivity index (χ1v) is 6.11. The van der Waals surface area contributed by atoms with E-state index in [2.05, 4.69) is 47.9 Å². The van der Waals surface area contributed by atoms with E-state index in [0.29, 0.717) is 6.54 Å². The minimum Gasteiger partial charge on any atom is -0.369 e. The molecule has 0 bridgehead atoms. The molecule has 1 fully saturated rings. The van der Waals surface area contributed by atoms with Crippen LogP contribution in [-0.2, 0) is 0 Å². The Balaban J connectivity index is 2.03. The molecule has 1 saturated heterocycles. The van der Waals surface area contributed by atoms with Gasteiger partial charge in [0.2, 0.25) is 0 Å². The molecular formula is C14H19N3. The lowest BCUT2D eigenvalue weighted by Gasteiger charge is -2.35. The van der Waals surface area contributed by atoms with Gasteiger partial charge in [0.1, 0.15) is 0 Å². The van der Waals surface area contributed by atoms with E-state index in [1.165, 1.54) is 16.8 Å². The number of benzene rings is 1. The Morgan fingerprint density at radius 1 is 1.06 bits per heavy atom. The first kappa shape index (κ1) is 11.9. The lowest BCUT2D eigenvalue weighted by atomic mass is 10.1. The molecule has 0 N–H and O–H groups in total. The molecule has 1 aliphatic rings. The monoisotopic (exact) mass is 229 g/mol. The number of nitriles is 1. The maximum Gasteiger partial charge on any atom is 0.0867 e. The fourth-order valence-electron chi connectivity index (χ4n) is 2.40. The Morgan fingerprint density at radius 3 is 2.18 bits per heavy atom. The first-order valence-electron chi connectivity index (χ1n) is 6.11. The average molecular weight is 229 g/mol. The van der Waals surface area contributed by atoms with Crippen LogP contribution in [0.3, 0.4) is 0 Å². The van der Waals surface area contributed by atoms with E-state index >= 15 is 0 Å². The quantitative estimate of drug-likeness (QED) is 0.726. The van der Waals surface area contributed by atoms with Crippen LogP contribution in [-0.4, -0.2) is 37.6 Å². The largest absolute Gasteiger partial charge is 0.369 e. The topological polar surface area (TPSA) is 30.3 Å². The molecule has 0 amide bonds. The highest BCUT2D eigenvalue weighted by Gasteiger charge is 2.16. The van der Waals surface area contributed by atoms with Crippen molar-refractivity contribution in [3.63, 3.8) is 0 Å². The summed E-state index contributed by atoms with van der Waals surface area (Å²) in [6.07, 6.45) is 0. The average Bonchev–Trinajstić information content (AvgIpc) is 2.29. The maximum atomic E-state index is 8.67. The Kier molecular flexibility index (Phi) is 3.65. The third-order valence-electron chi connectivity index (χ3n) is 3.24. The van der Waals surface area contributed by atoms with Gasteiger partial charge < -0.3 is 4.90 Å². The predicted molar refractivity (Wildman–Crippen MR) is 70.2 cm³/mol. The van der Waals surface area contributed by atoms with Crippen molar-refractivity contribution in [3.05, 3.63) is 29.3 Å². The molecule has 0 aromatic heterocycles. The van der Waals surface area contributed by atoms with Gasteiger partial charge in [0.25, 0.3) is 0 Å². The van der Waals surface area contributed by atoms with Gasteiger partial charge in [-0.15, -0.1) is 0 Å². The number of hydrogen-bond acceptors (Lipinski definition) is 3. The normalized spacial score (nSPS) is 16.9. The zero-order chi connectivity index (χ0) is 12.3. The number of anilines is 1. The molecule has 1 aromatic rings. The summed E-state index contributed by atoms with van der Waals surface area (Å²) in [5.41, 5.74) is 3.96. The molecule has 90 valence electrons. The van der Waals surface area contributed by atoms with Gasteiger partial charge in [0.05, 0.1) is 12.6 Å². The van der Waals surface area contributed by atoms with E-state index in [0.717, 1.165) is 26.2 Å². The summed E-state index contributed by atoms with van der Waals surface area (Å²) in [6, 6.07) is 8.91. The predicted octanol–water partition coefficient (Wildman–Crippen LogP) is 1.95. The van der Waals surface area contributed by atoms with Gasteiger partial charge >= 0.3 is 0 Å². The summed E-state index contributed by atoms with van der Waals surface area (Å²) in [4.78, 5) is 4.62. The van der Waals surface area contributed by atoms with E-state index in [4.69, 9.17) is 5.26 Å². The van der Waals surface area contributed by atoms with Crippen molar-refractivity contribution in [1.29, 1.82) is 5.26 Å². The number of rotatable bonds is 2. The number of piperazine rings is 1. The third-order valence-corrected chi connectivity index (χ3v) is 3.24. The molecule has 1 heterocycles. The Bertz CT molecular complexity index is 405. The van der Waals surface area contributed by atoms with Crippen molar-refractivity contribution in [3.8, 4) is 6.07 Å². The van der Waals surface area contributed by atoms with Gasteiger partial charge in [0.15, 0.2) is 0 Å². The van der Waals surface area contributed by atoms with E-state index in [1.807, 2.05) is 0 Å². The number of hydrogen-bond donors (Lipinski definition) is 0. The van der Waals surface area contributed by atoms with Gasteiger partial charge in [-0.2, -0.15) is 5.26 Å². The summed E-state index contributed by atoms with van der Waals surface area (Å²) in [5.74, 6) is 0. The van der Waals surface area contributed by atoms with Crippen LogP contribution in [0.15, 0.2) is 18.2 Å². The van der Waals surface area contributed by atoms with Crippen LogP contribution in [0.4, 0.5) is 5.69 Å². The van der Waals surface area contributed by atoms with Gasteiger partial charge in [0, 0.05) is 31.9 Å². The van der Waals surface area contributed by atoms with Crippen molar-refractivity contribution in [1.82, 2.24) is 4.90 Å². The molecule has 3 nitrogen and oxygen atoms in total. The molecule has 0 spiro atoms. The highest BCUT2D eigenvalue weighted by atomic mass is 15.3. The van der Waals surface area contributed by atoms with Crippen molar-refractivity contribution >= 4 is 5.69 Å². The molecule has 0 aliphatic carbocycles. The molecule has 0 radical (unpaired) electrons. The van der Waals surface area contributed by atoms with E-state index in [-0.39, 0.29) is 0 Å². The molecule has 3 heteroatoms. The highest BCUT2D eigenvalue weighted by molar-refractivity contribution is 5.51. The second-order valence-electron chi connectivity index (χ2n) is 4.77. The second-order valence-corrected chi connectivity index (χ2v) is 4.77. The van der Waals surface area contributed by atoms with Crippen LogP contribution in [0.2, 0.25) is 0 Å². The first-order chi connectivity index (χ1) is 8.19. The number of nitrogens with zero attached hydrogens (tertiary/aromatic N) is 3. The Hall–Kier alpha value is -1.53. The van der Waals surface area contributed by atoms with Crippen LogP contribution < -0.4 is 4.90 Å². The standard InChI is InChI=1S/C14H19N3/c1-12-9-13(2)11-14(10-12)17-7-5-16(4-3-15)6-8-17/h9-11H,4-8H2,1-2H3. The molecule has 0 unspecified atom stereocenters. The zero-order valence-electron chi connectivity index (χ0n) is 10.6. The van der Waals surface area contributed by atoms with Crippen LogP contribution >= 0.6 is 0 Å². The van der Waals surface area contributed by atoms with Crippen molar-refractivity contribution < 1.29 is 0 Å². The second kappa shape index (κ2) is 5.20. The summed E-state index contributed by atoms with van der Waals surface area (Å²) in [6.45, 7) is 8.85. The zero-order valence-corrected chi connectivity index (χ0v) is 10.6. The van der Waals surface area contributed by atoms with Crippen LogP contribution in [0.5, 0.6) is 0 Å². The summed E-state index contributed by atoms with van der Waals surface area (Å²) < 4.78 is 0. The third kappa shape index (κ3) is 2.98. The molecule has 1 aromatic carbocycles. The molecule has 0 saturated carbocycles. The van der Waals surface area contributed by atoms with Crippen molar-refractivity contribution in [2.45, 2.75) is 13.8 Å². The summed E-state index contributed by atoms with van der Waals surface area (Å²) in [5, 5.41) is 8.67. The molecular weight excluding hydrogens is 210 g/mol. The summed E-state index contributed by atoms with van der Waals surface area (Å²) >= 11 is 0. The van der Waals surface area contributed by atoms with E-state index in [9.17, 15) is 0 Å². The lowest BCUT2D eigenvalue weighted by Crippen LogP contribution is -2.46. The van der Waals surface area contributed by atoms with Gasteiger partial charge in [-0.1, -0.05) is 6.07 Å².